The summed E-state index contributed by atoms with van der Waals surface area (Å²) in [7, 11) is 0. The number of carbonyl (C=O) groups excluding carboxylic acids is 2. The predicted octanol–water partition coefficient (Wildman–Crippen LogP) is 6.24. The van der Waals surface area contributed by atoms with Crippen molar-refractivity contribution in [2.75, 3.05) is 4.90 Å². The molecule has 1 heterocycles. The van der Waals surface area contributed by atoms with Crippen molar-refractivity contribution in [1.82, 2.24) is 5.32 Å². The van der Waals surface area contributed by atoms with Crippen LogP contribution in [0.2, 0.25) is 0 Å². The summed E-state index contributed by atoms with van der Waals surface area (Å²) in [5, 5.41) is 11.9. The Hall–Kier alpha value is -3.80. The number of nitriles is 1. The number of nitrogens with zero attached hydrogens (tertiary/aromatic N) is 2. The minimum absolute atomic E-state index is 0.0249. The standard InChI is InChI=1S/C29H24BrN3O3S/c1-3-18(2)20-9-11-23(12-10-20)33-28(35)24(27(34)32-29(33)37)14-19-8-13-26(25(30)15-19)36-17-22-7-5-4-6-21(22)16-31/h4-15,18H,3,17H2,1-2H3,(H,32,34,37). The molecule has 1 aliphatic heterocycles. The van der Waals surface area contributed by atoms with Gasteiger partial charge in [-0.2, -0.15) is 5.26 Å². The molecule has 1 unspecified atom stereocenters. The lowest BCUT2D eigenvalue weighted by molar-refractivity contribution is -0.122. The van der Waals surface area contributed by atoms with Gasteiger partial charge in [-0.1, -0.05) is 50.2 Å². The highest BCUT2D eigenvalue weighted by Crippen LogP contribution is 2.30. The molecule has 1 saturated heterocycles. The number of hydrogen-bond donors (Lipinski definition) is 1. The van der Waals surface area contributed by atoms with E-state index in [9.17, 15) is 14.9 Å². The number of anilines is 1. The van der Waals surface area contributed by atoms with E-state index in [2.05, 4.69) is 41.2 Å². The Balaban J connectivity index is 1.55. The molecule has 6 nitrogen and oxygen atoms in total. The molecule has 1 fully saturated rings. The number of nitrogens with one attached hydrogen (secondary N) is 1. The van der Waals surface area contributed by atoms with Crippen molar-refractivity contribution in [2.45, 2.75) is 32.8 Å². The van der Waals surface area contributed by atoms with Crippen molar-refractivity contribution in [3.8, 4) is 11.8 Å². The number of ether oxygens (including phenoxy) is 1. The molecule has 0 saturated carbocycles. The summed E-state index contributed by atoms with van der Waals surface area (Å²) in [6, 6.07) is 22.3. The summed E-state index contributed by atoms with van der Waals surface area (Å²) in [5.74, 6) is -0.0696. The lowest BCUT2D eigenvalue weighted by atomic mass is 9.98. The number of rotatable bonds is 7. The second-order valence-electron chi connectivity index (χ2n) is 8.61. The highest BCUT2D eigenvalue weighted by atomic mass is 79.9. The monoisotopic (exact) mass is 573 g/mol. The Morgan fingerprint density at radius 1 is 1.14 bits per heavy atom. The molecule has 1 aliphatic rings. The van der Waals surface area contributed by atoms with Gasteiger partial charge in [-0.15, -0.1) is 0 Å². The number of carbonyl (C=O) groups is 2. The SMILES string of the molecule is CCC(C)c1ccc(N2C(=O)C(=Cc3ccc(OCc4ccccc4C#N)c(Br)c3)C(=O)NC2=S)cc1. The van der Waals surface area contributed by atoms with E-state index in [4.69, 9.17) is 17.0 Å². The van der Waals surface area contributed by atoms with Gasteiger partial charge in [0.2, 0.25) is 0 Å². The topological polar surface area (TPSA) is 82.4 Å². The Kier molecular flexibility index (Phi) is 8.17. The van der Waals surface area contributed by atoms with Crippen LogP contribution in [0.25, 0.3) is 6.08 Å². The van der Waals surface area contributed by atoms with Crippen molar-refractivity contribution in [2.24, 2.45) is 0 Å². The van der Waals surface area contributed by atoms with Crippen molar-refractivity contribution in [1.29, 1.82) is 5.26 Å². The first kappa shape index (κ1) is 26.3. The first-order chi connectivity index (χ1) is 17.8. The van der Waals surface area contributed by atoms with Crippen molar-refractivity contribution < 1.29 is 14.3 Å². The quantitative estimate of drug-likeness (QED) is 0.205. The van der Waals surface area contributed by atoms with Crippen molar-refractivity contribution in [3.05, 3.63) is 99.0 Å². The molecule has 0 aromatic heterocycles. The molecule has 186 valence electrons. The van der Waals surface area contributed by atoms with Gasteiger partial charge in [0, 0.05) is 5.56 Å². The number of halogens is 1. The summed E-state index contributed by atoms with van der Waals surface area (Å²) in [5.41, 5.74) is 3.71. The third kappa shape index (κ3) is 5.79. The third-order valence-electron chi connectivity index (χ3n) is 6.22. The summed E-state index contributed by atoms with van der Waals surface area (Å²) in [4.78, 5) is 27.4. The maximum atomic E-state index is 13.3. The van der Waals surface area contributed by atoms with E-state index < -0.39 is 11.8 Å². The van der Waals surface area contributed by atoms with Crippen LogP contribution < -0.4 is 15.0 Å². The van der Waals surface area contributed by atoms with Crippen LogP contribution in [0.4, 0.5) is 5.69 Å². The maximum Gasteiger partial charge on any atom is 0.270 e. The first-order valence-electron chi connectivity index (χ1n) is 11.7. The number of hydrogen-bond acceptors (Lipinski definition) is 5. The summed E-state index contributed by atoms with van der Waals surface area (Å²) < 4.78 is 6.53. The summed E-state index contributed by atoms with van der Waals surface area (Å²) >= 11 is 8.81. The van der Waals surface area contributed by atoms with Gasteiger partial charge in [-0.25, -0.2) is 0 Å². The maximum absolute atomic E-state index is 13.3. The molecular formula is C29H24BrN3O3S. The molecule has 37 heavy (non-hydrogen) atoms. The zero-order chi connectivity index (χ0) is 26.5. The van der Waals surface area contributed by atoms with E-state index in [1.54, 1.807) is 30.3 Å². The van der Waals surface area contributed by atoms with Crippen molar-refractivity contribution >= 4 is 56.8 Å². The largest absolute Gasteiger partial charge is 0.488 e. The summed E-state index contributed by atoms with van der Waals surface area (Å²) in [6.45, 7) is 4.50. The van der Waals surface area contributed by atoms with Crippen LogP contribution in [0, 0.1) is 11.3 Å². The van der Waals surface area contributed by atoms with Crippen molar-refractivity contribution in [3.63, 3.8) is 0 Å². The van der Waals surface area contributed by atoms with Gasteiger partial charge < -0.3 is 4.74 Å². The second kappa shape index (κ2) is 11.5. The fourth-order valence-corrected chi connectivity index (χ4v) is 4.67. The molecule has 1 N–H and O–H groups in total. The molecule has 0 aliphatic carbocycles. The molecular weight excluding hydrogens is 550 g/mol. The molecule has 8 heteroatoms. The second-order valence-corrected chi connectivity index (χ2v) is 9.85. The zero-order valence-electron chi connectivity index (χ0n) is 20.3. The molecule has 4 rings (SSSR count). The van der Waals surface area contributed by atoms with Gasteiger partial charge in [0.25, 0.3) is 11.8 Å². The fourth-order valence-electron chi connectivity index (χ4n) is 3.88. The normalized spacial score (nSPS) is 15.4. The molecule has 3 aromatic carbocycles. The first-order valence-corrected chi connectivity index (χ1v) is 12.9. The average molecular weight is 575 g/mol. The van der Waals surface area contributed by atoms with Crippen LogP contribution in [0.15, 0.2) is 76.8 Å². The van der Waals surface area contributed by atoms with Crippen LogP contribution >= 0.6 is 28.1 Å². The Morgan fingerprint density at radius 3 is 2.54 bits per heavy atom. The Morgan fingerprint density at radius 2 is 1.86 bits per heavy atom. The number of amides is 2. The molecule has 0 bridgehead atoms. The molecule has 1 atom stereocenters. The highest BCUT2D eigenvalue weighted by Gasteiger charge is 2.34. The van der Waals surface area contributed by atoms with Crippen LogP contribution in [0.5, 0.6) is 5.75 Å². The van der Waals surface area contributed by atoms with Gasteiger partial charge in [0.05, 0.1) is 21.8 Å². The smallest absolute Gasteiger partial charge is 0.270 e. The van der Waals surface area contributed by atoms with Crippen LogP contribution in [0.3, 0.4) is 0 Å². The zero-order valence-corrected chi connectivity index (χ0v) is 22.7. The van der Waals surface area contributed by atoms with Crippen LogP contribution in [0.1, 0.15) is 48.4 Å². The van der Waals surface area contributed by atoms with Gasteiger partial charge in [-0.05, 0) is 88.0 Å². The molecule has 3 aromatic rings. The van der Waals surface area contributed by atoms with Crippen LogP contribution in [-0.4, -0.2) is 16.9 Å². The number of benzene rings is 3. The fraction of sp³-hybridized carbons (Fsp3) is 0.172. The van der Waals surface area contributed by atoms with E-state index in [-0.39, 0.29) is 17.3 Å². The van der Waals surface area contributed by atoms with E-state index in [1.165, 1.54) is 16.5 Å². The Labute approximate surface area is 229 Å². The van der Waals surface area contributed by atoms with E-state index in [0.29, 0.717) is 33.0 Å². The minimum atomic E-state index is -0.549. The molecule has 0 radical (unpaired) electrons. The van der Waals surface area contributed by atoms with Gasteiger partial charge in [0.15, 0.2) is 5.11 Å². The molecule has 0 spiro atoms. The van der Waals surface area contributed by atoms with Gasteiger partial charge in [0.1, 0.15) is 17.9 Å². The van der Waals surface area contributed by atoms with Gasteiger partial charge in [-0.3, -0.25) is 19.8 Å². The molecule has 2 amide bonds. The third-order valence-corrected chi connectivity index (χ3v) is 7.13. The van der Waals surface area contributed by atoms with E-state index in [0.717, 1.165) is 12.0 Å². The lowest BCUT2D eigenvalue weighted by Crippen LogP contribution is -2.54. The minimum Gasteiger partial charge on any atom is -0.488 e. The average Bonchev–Trinajstić information content (AvgIpc) is 2.90. The van der Waals surface area contributed by atoms with E-state index in [1.807, 2.05) is 36.4 Å². The highest BCUT2D eigenvalue weighted by molar-refractivity contribution is 9.10. The lowest BCUT2D eigenvalue weighted by Gasteiger charge is -2.29. The summed E-state index contributed by atoms with van der Waals surface area (Å²) in [6.07, 6.45) is 2.54. The van der Waals surface area contributed by atoms with E-state index >= 15 is 0 Å². The Bertz CT molecular complexity index is 1440. The van der Waals surface area contributed by atoms with Gasteiger partial charge >= 0.3 is 0 Å². The number of thiocarbonyl (C=S) groups is 1. The van der Waals surface area contributed by atoms with Crippen LogP contribution in [-0.2, 0) is 16.2 Å². The predicted molar refractivity (Wildman–Crippen MR) is 151 cm³/mol.